The molecule has 0 aromatic heterocycles. The third-order valence-electron chi connectivity index (χ3n) is 4.36. The van der Waals surface area contributed by atoms with Crippen LogP contribution in [0.25, 0.3) is 0 Å². The second kappa shape index (κ2) is 5.84. The van der Waals surface area contributed by atoms with Crippen LogP contribution in [0.15, 0.2) is 36.5 Å². The van der Waals surface area contributed by atoms with Crippen LogP contribution in [0.2, 0.25) is 0 Å². The normalized spacial score (nSPS) is 11.6. The van der Waals surface area contributed by atoms with Gasteiger partial charge in [0.25, 0.3) is 0 Å². The van der Waals surface area contributed by atoms with E-state index in [-0.39, 0.29) is 0 Å². The molecule has 22 heavy (non-hydrogen) atoms. The SMILES string of the molecule is C=C[Si](F)(c1c(C)cc(C)cc1C)c1c(C)cc(C)cc1C. The maximum absolute atomic E-state index is 16.3. The highest BCUT2D eigenvalue weighted by Crippen LogP contribution is 2.20. The third-order valence-corrected chi connectivity index (χ3v) is 7.96. The van der Waals surface area contributed by atoms with E-state index in [1.165, 1.54) is 11.1 Å². The fourth-order valence-electron chi connectivity index (χ4n) is 3.84. The first-order chi connectivity index (χ1) is 10.2. The lowest BCUT2D eigenvalue weighted by molar-refractivity contribution is 0.838. The van der Waals surface area contributed by atoms with Crippen molar-refractivity contribution in [3.63, 3.8) is 0 Å². The van der Waals surface area contributed by atoms with Gasteiger partial charge < -0.3 is 0 Å². The Labute approximate surface area is 134 Å². The lowest BCUT2D eigenvalue weighted by Gasteiger charge is -2.27. The quantitative estimate of drug-likeness (QED) is 0.586. The van der Waals surface area contributed by atoms with Crippen LogP contribution in [-0.2, 0) is 0 Å². The molecule has 0 aliphatic carbocycles. The molecular formula is C20H25FSi. The lowest BCUT2D eigenvalue weighted by atomic mass is 10.1. The summed E-state index contributed by atoms with van der Waals surface area (Å²) in [6.45, 7) is 16.0. The zero-order valence-electron chi connectivity index (χ0n) is 14.5. The minimum absolute atomic E-state index is 0.864. The maximum atomic E-state index is 16.3. The van der Waals surface area contributed by atoms with Crippen molar-refractivity contribution in [2.45, 2.75) is 41.5 Å². The summed E-state index contributed by atoms with van der Waals surface area (Å²) in [4.78, 5) is 0. The number of aryl methyl sites for hydroxylation is 6. The number of hydrogen-bond donors (Lipinski definition) is 0. The molecule has 0 N–H and O–H groups in total. The van der Waals surface area contributed by atoms with Gasteiger partial charge >= 0.3 is 8.41 Å². The summed E-state index contributed by atoms with van der Waals surface area (Å²) in [6, 6.07) is 8.30. The molecule has 0 heterocycles. The monoisotopic (exact) mass is 312 g/mol. The Morgan fingerprint density at radius 1 is 0.727 bits per heavy atom. The molecule has 0 amide bonds. The summed E-state index contributed by atoms with van der Waals surface area (Å²) in [7, 11) is -3.44. The van der Waals surface area contributed by atoms with E-state index in [1.54, 1.807) is 5.70 Å². The highest BCUT2D eigenvalue weighted by Gasteiger charge is 2.40. The summed E-state index contributed by atoms with van der Waals surface area (Å²) in [5.74, 6) is 0. The van der Waals surface area contributed by atoms with Gasteiger partial charge in [0.05, 0.1) is 0 Å². The van der Waals surface area contributed by atoms with Crippen molar-refractivity contribution in [1.29, 1.82) is 0 Å². The second-order valence-corrected chi connectivity index (χ2v) is 9.30. The van der Waals surface area contributed by atoms with E-state index >= 15 is 4.11 Å². The van der Waals surface area contributed by atoms with Crippen LogP contribution < -0.4 is 10.4 Å². The molecule has 2 heteroatoms. The lowest BCUT2D eigenvalue weighted by Crippen LogP contribution is -2.57. The van der Waals surface area contributed by atoms with Crippen LogP contribution in [0.5, 0.6) is 0 Å². The van der Waals surface area contributed by atoms with Crippen molar-refractivity contribution in [3.8, 4) is 0 Å². The molecule has 0 bridgehead atoms. The Morgan fingerprint density at radius 2 is 1.00 bits per heavy atom. The highest BCUT2D eigenvalue weighted by molar-refractivity contribution is 7.01. The molecule has 0 nitrogen and oxygen atoms in total. The Bertz CT molecular complexity index is 640. The number of rotatable bonds is 3. The predicted molar refractivity (Wildman–Crippen MR) is 97.6 cm³/mol. The third kappa shape index (κ3) is 2.68. The van der Waals surface area contributed by atoms with Crippen molar-refractivity contribution in [2.75, 3.05) is 0 Å². The fourth-order valence-corrected chi connectivity index (χ4v) is 7.08. The van der Waals surface area contributed by atoms with Crippen LogP contribution >= 0.6 is 0 Å². The molecule has 0 aliphatic rings. The number of halogens is 1. The molecule has 0 saturated heterocycles. The van der Waals surface area contributed by atoms with Crippen LogP contribution in [0.1, 0.15) is 33.4 Å². The van der Waals surface area contributed by atoms with Gasteiger partial charge in [0.2, 0.25) is 0 Å². The molecule has 0 unspecified atom stereocenters. The van der Waals surface area contributed by atoms with E-state index in [0.29, 0.717) is 0 Å². The molecule has 0 aliphatic heterocycles. The van der Waals surface area contributed by atoms with Gasteiger partial charge in [-0.3, -0.25) is 4.11 Å². The first-order valence-electron chi connectivity index (χ1n) is 7.70. The average molecular weight is 313 g/mol. The van der Waals surface area contributed by atoms with Crippen LogP contribution in [-0.4, -0.2) is 8.41 Å². The van der Waals surface area contributed by atoms with Gasteiger partial charge in [-0.1, -0.05) is 41.1 Å². The summed E-state index contributed by atoms with van der Waals surface area (Å²) >= 11 is 0. The van der Waals surface area contributed by atoms with Crippen molar-refractivity contribution >= 4 is 18.8 Å². The van der Waals surface area contributed by atoms with Crippen molar-refractivity contribution in [3.05, 3.63) is 69.9 Å². The fraction of sp³-hybridized carbons (Fsp3) is 0.300. The van der Waals surface area contributed by atoms with E-state index in [1.807, 2.05) is 27.7 Å². The zero-order chi connectivity index (χ0) is 16.7. The topological polar surface area (TPSA) is 0 Å². The largest absolute Gasteiger partial charge is 0.332 e. The predicted octanol–water partition coefficient (Wildman–Crippen LogP) is 4.29. The average Bonchev–Trinajstić information content (AvgIpc) is 2.35. The standard InChI is InChI=1S/C20H25FSi/c1-8-22(21,19-15(4)9-13(2)10-16(19)5)20-17(6)11-14(3)12-18(20)7/h8-12H,1H2,2-7H3. The smallest absolute Gasteiger partial charge is 0.296 e. The molecule has 0 atom stereocenters. The Hall–Kier alpha value is -1.67. The van der Waals surface area contributed by atoms with Gasteiger partial charge in [-0.25, -0.2) is 0 Å². The van der Waals surface area contributed by atoms with Crippen molar-refractivity contribution < 1.29 is 4.11 Å². The van der Waals surface area contributed by atoms with Crippen LogP contribution in [0.4, 0.5) is 4.11 Å². The van der Waals surface area contributed by atoms with Gasteiger partial charge in [-0.05, 0) is 74.2 Å². The molecule has 0 radical (unpaired) electrons. The molecular weight excluding hydrogens is 287 g/mol. The van der Waals surface area contributed by atoms with E-state index in [9.17, 15) is 0 Å². The second-order valence-electron chi connectivity index (χ2n) is 6.46. The summed E-state index contributed by atoms with van der Waals surface area (Å²) in [5, 5.41) is 1.73. The molecule has 2 aromatic rings. The Kier molecular flexibility index (Phi) is 4.43. The van der Waals surface area contributed by atoms with Gasteiger partial charge in [-0.2, -0.15) is 0 Å². The molecule has 0 spiro atoms. The van der Waals surface area contributed by atoms with Gasteiger partial charge in [0, 0.05) is 0 Å². The summed E-state index contributed by atoms with van der Waals surface area (Å²) in [5.41, 5.74) is 8.07. The first kappa shape index (κ1) is 16.7. The maximum Gasteiger partial charge on any atom is 0.332 e. The van der Waals surface area contributed by atoms with Crippen LogP contribution in [0, 0.1) is 41.5 Å². The van der Waals surface area contributed by atoms with Gasteiger partial charge in [0.1, 0.15) is 0 Å². The summed E-state index contributed by atoms with van der Waals surface area (Å²) < 4.78 is 16.3. The summed E-state index contributed by atoms with van der Waals surface area (Å²) in [6.07, 6.45) is 0. The highest BCUT2D eigenvalue weighted by atomic mass is 28.4. The zero-order valence-corrected chi connectivity index (χ0v) is 15.5. The minimum Gasteiger partial charge on any atom is -0.296 e. The van der Waals surface area contributed by atoms with E-state index in [2.05, 4.69) is 44.7 Å². The molecule has 116 valence electrons. The van der Waals surface area contributed by atoms with Crippen molar-refractivity contribution in [1.82, 2.24) is 0 Å². The Balaban J connectivity index is 2.83. The van der Waals surface area contributed by atoms with Gasteiger partial charge in [-0.15, -0.1) is 6.58 Å². The van der Waals surface area contributed by atoms with Gasteiger partial charge in [0.15, 0.2) is 0 Å². The van der Waals surface area contributed by atoms with Crippen molar-refractivity contribution in [2.24, 2.45) is 0 Å². The van der Waals surface area contributed by atoms with E-state index in [0.717, 1.165) is 32.6 Å². The minimum atomic E-state index is -3.44. The molecule has 2 aromatic carbocycles. The molecule has 0 fully saturated rings. The molecule has 2 rings (SSSR count). The van der Waals surface area contributed by atoms with E-state index < -0.39 is 8.41 Å². The van der Waals surface area contributed by atoms with Crippen LogP contribution in [0.3, 0.4) is 0 Å². The number of benzene rings is 2. The van der Waals surface area contributed by atoms with E-state index in [4.69, 9.17) is 0 Å². The molecule has 0 saturated carbocycles. The Morgan fingerprint density at radius 3 is 1.23 bits per heavy atom. The first-order valence-corrected chi connectivity index (χ1v) is 9.65. The number of hydrogen-bond acceptors (Lipinski definition) is 0.